The Morgan fingerprint density at radius 1 is 1.47 bits per heavy atom. The van der Waals surface area contributed by atoms with E-state index in [1.807, 2.05) is 0 Å². The maximum atomic E-state index is 11.0. The van der Waals surface area contributed by atoms with E-state index in [0.717, 1.165) is 0 Å². The maximum absolute atomic E-state index is 11.0. The van der Waals surface area contributed by atoms with Crippen LogP contribution in [0.1, 0.15) is 12.5 Å². The van der Waals surface area contributed by atoms with Gasteiger partial charge >= 0.3 is 5.97 Å². The molecule has 0 aromatic heterocycles. The molecule has 0 spiro atoms. The first-order chi connectivity index (χ1) is 7.01. The van der Waals surface area contributed by atoms with Gasteiger partial charge in [-0.1, -0.05) is 22.0 Å². The lowest BCUT2D eigenvalue weighted by atomic mass is 10.0. The van der Waals surface area contributed by atoms with Crippen molar-refractivity contribution in [1.29, 1.82) is 0 Å². The molecule has 0 fully saturated rings. The summed E-state index contributed by atoms with van der Waals surface area (Å²) in [6, 6.07) is 5.09. The Morgan fingerprint density at radius 2 is 2.13 bits per heavy atom. The van der Waals surface area contributed by atoms with Gasteiger partial charge in [0.25, 0.3) is 0 Å². The number of ether oxygens (including phenoxy) is 2. The van der Waals surface area contributed by atoms with Gasteiger partial charge in [0.05, 0.1) is 0 Å². The predicted octanol–water partition coefficient (Wildman–Crippen LogP) is 2.11. The predicted molar refractivity (Wildman–Crippen MR) is 56.5 cm³/mol. The highest BCUT2D eigenvalue weighted by atomic mass is 79.9. The summed E-state index contributed by atoms with van der Waals surface area (Å²) in [6.07, 6.45) is 0. The molecule has 15 heavy (non-hydrogen) atoms. The minimum atomic E-state index is -1.10. The van der Waals surface area contributed by atoms with E-state index in [2.05, 4.69) is 15.9 Å². The summed E-state index contributed by atoms with van der Waals surface area (Å²) >= 11 is 3.17. The van der Waals surface area contributed by atoms with Crippen molar-refractivity contribution in [3.8, 4) is 11.5 Å². The highest BCUT2D eigenvalue weighted by Crippen LogP contribution is 2.39. The van der Waals surface area contributed by atoms with Gasteiger partial charge in [0, 0.05) is 0 Å². The second-order valence-electron chi connectivity index (χ2n) is 3.38. The van der Waals surface area contributed by atoms with E-state index in [1.54, 1.807) is 25.1 Å². The standard InChI is InChI=1S/C10H9BrO4/c1-10(11,9(12)13)6-2-3-7-8(4-6)15-5-14-7/h2-4H,5H2,1H3,(H,12,13). The van der Waals surface area contributed by atoms with Gasteiger partial charge in [-0.05, 0) is 24.6 Å². The van der Waals surface area contributed by atoms with Crippen LogP contribution >= 0.6 is 15.9 Å². The summed E-state index contributed by atoms with van der Waals surface area (Å²) in [5.74, 6) is 0.285. The number of alkyl halides is 1. The van der Waals surface area contributed by atoms with Crippen LogP contribution in [0, 0.1) is 0 Å². The van der Waals surface area contributed by atoms with E-state index in [1.165, 1.54) is 0 Å². The van der Waals surface area contributed by atoms with Crippen molar-refractivity contribution in [2.45, 2.75) is 11.2 Å². The zero-order valence-corrected chi connectivity index (χ0v) is 9.58. The van der Waals surface area contributed by atoms with Crippen LogP contribution in [0.5, 0.6) is 11.5 Å². The summed E-state index contributed by atoms with van der Waals surface area (Å²) in [6.45, 7) is 1.76. The van der Waals surface area contributed by atoms with E-state index in [9.17, 15) is 4.79 Å². The highest BCUT2D eigenvalue weighted by Gasteiger charge is 2.33. The number of carboxylic acids is 1. The van der Waals surface area contributed by atoms with Gasteiger partial charge in [-0.2, -0.15) is 0 Å². The number of benzene rings is 1. The van der Waals surface area contributed by atoms with Crippen molar-refractivity contribution < 1.29 is 19.4 Å². The molecule has 0 saturated heterocycles. The molecular weight excluding hydrogens is 264 g/mol. The van der Waals surface area contributed by atoms with Gasteiger partial charge < -0.3 is 14.6 Å². The minimum Gasteiger partial charge on any atom is -0.480 e. The fourth-order valence-electron chi connectivity index (χ4n) is 1.31. The normalized spacial score (nSPS) is 17.2. The van der Waals surface area contributed by atoms with E-state index in [4.69, 9.17) is 14.6 Å². The second-order valence-corrected chi connectivity index (χ2v) is 4.96. The minimum absolute atomic E-state index is 0.185. The topological polar surface area (TPSA) is 55.8 Å². The Kier molecular flexibility index (Phi) is 2.34. The number of carboxylic acid groups (broad SMARTS) is 1. The van der Waals surface area contributed by atoms with Crippen LogP contribution in [0.25, 0.3) is 0 Å². The molecule has 1 aliphatic rings. The smallest absolute Gasteiger partial charge is 0.324 e. The van der Waals surface area contributed by atoms with E-state index >= 15 is 0 Å². The molecule has 2 rings (SSSR count). The third kappa shape index (κ3) is 1.67. The van der Waals surface area contributed by atoms with Crippen LogP contribution in [0.3, 0.4) is 0 Å². The van der Waals surface area contributed by atoms with E-state index in [0.29, 0.717) is 17.1 Å². The number of carbonyl (C=O) groups is 1. The Balaban J connectivity index is 2.42. The van der Waals surface area contributed by atoms with Crippen molar-refractivity contribution in [2.75, 3.05) is 6.79 Å². The molecule has 1 heterocycles. The van der Waals surface area contributed by atoms with Gasteiger partial charge in [-0.25, -0.2) is 0 Å². The van der Waals surface area contributed by atoms with Gasteiger partial charge in [0.2, 0.25) is 6.79 Å². The molecule has 0 bridgehead atoms. The van der Waals surface area contributed by atoms with Crippen molar-refractivity contribution in [2.24, 2.45) is 0 Å². The lowest BCUT2D eigenvalue weighted by molar-refractivity contribution is -0.139. The van der Waals surface area contributed by atoms with Crippen LogP contribution in [-0.2, 0) is 9.12 Å². The van der Waals surface area contributed by atoms with E-state index < -0.39 is 10.3 Å². The van der Waals surface area contributed by atoms with Gasteiger partial charge in [0.15, 0.2) is 11.5 Å². The molecule has 4 nitrogen and oxygen atoms in total. The van der Waals surface area contributed by atoms with Crippen molar-refractivity contribution >= 4 is 21.9 Å². The average Bonchev–Trinajstić information content (AvgIpc) is 2.63. The van der Waals surface area contributed by atoms with Gasteiger partial charge in [-0.15, -0.1) is 0 Å². The highest BCUT2D eigenvalue weighted by molar-refractivity contribution is 9.10. The molecule has 0 saturated carbocycles. The van der Waals surface area contributed by atoms with Crippen LogP contribution in [0.15, 0.2) is 18.2 Å². The Morgan fingerprint density at radius 3 is 2.80 bits per heavy atom. The summed E-state index contributed by atoms with van der Waals surface area (Å²) < 4.78 is 9.22. The summed E-state index contributed by atoms with van der Waals surface area (Å²) in [4.78, 5) is 11.0. The Labute approximate surface area is 94.9 Å². The largest absolute Gasteiger partial charge is 0.480 e. The summed E-state index contributed by atoms with van der Waals surface area (Å²) in [5, 5.41) is 9.02. The molecular formula is C10H9BrO4. The molecule has 80 valence electrons. The molecule has 0 aliphatic carbocycles. The van der Waals surface area contributed by atoms with Crippen molar-refractivity contribution in [3.63, 3.8) is 0 Å². The number of hydrogen-bond donors (Lipinski definition) is 1. The lowest BCUT2D eigenvalue weighted by Gasteiger charge is -2.17. The number of fused-ring (bicyclic) bond motifs is 1. The Hall–Kier alpha value is -1.23. The zero-order chi connectivity index (χ0) is 11.1. The second kappa shape index (κ2) is 3.41. The van der Waals surface area contributed by atoms with Crippen LogP contribution in [0.2, 0.25) is 0 Å². The number of rotatable bonds is 2. The molecule has 1 atom stereocenters. The summed E-state index contributed by atoms with van der Waals surface area (Å²) in [5.41, 5.74) is 0.624. The SMILES string of the molecule is CC(Br)(C(=O)O)c1ccc2c(c1)OCO2. The average molecular weight is 273 g/mol. The molecule has 1 aromatic rings. The molecule has 5 heteroatoms. The van der Waals surface area contributed by atoms with Crippen LogP contribution in [-0.4, -0.2) is 17.9 Å². The van der Waals surface area contributed by atoms with Crippen LogP contribution < -0.4 is 9.47 Å². The fraction of sp³-hybridized carbons (Fsp3) is 0.300. The number of hydrogen-bond acceptors (Lipinski definition) is 3. The van der Waals surface area contributed by atoms with E-state index in [-0.39, 0.29) is 6.79 Å². The molecule has 1 aliphatic heterocycles. The molecule has 1 aromatic carbocycles. The third-order valence-corrected chi connectivity index (χ3v) is 3.11. The quantitative estimate of drug-likeness (QED) is 0.838. The monoisotopic (exact) mass is 272 g/mol. The summed E-state index contributed by atoms with van der Waals surface area (Å²) in [7, 11) is 0. The van der Waals surface area contributed by atoms with Crippen molar-refractivity contribution in [1.82, 2.24) is 0 Å². The first-order valence-electron chi connectivity index (χ1n) is 4.34. The third-order valence-electron chi connectivity index (χ3n) is 2.32. The molecule has 0 radical (unpaired) electrons. The zero-order valence-electron chi connectivity index (χ0n) is 7.99. The first-order valence-corrected chi connectivity index (χ1v) is 5.13. The maximum Gasteiger partial charge on any atom is 0.324 e. The fourth-order valence-corrected chi connectivity index (χ4v) is 1.56. The number of halogens is 1. The van der Waals surface area contributed by atoms with Gasteiger partial charge in [0.1, 0.15) is 4.32 Å². The number of aliphatic carboxylic acids is 1. The van der Waals surface area contributed by atoms with Crippen molar-refractivity contribution in [3.05, 3.63) is 23.8 Å². The van der Waals surface area contributed by atoms with Crippen LogP contribution in [0.4, 0.5) is 0 Å². The first kappa shape index (κ1) is 10.3. The lowest BCUT2D eigenvalue weighted by Crippen LogP contribution is -2.24. The Bertz CT molecular complexity index is 414. The molecule has 1 N–H and O–H groups in total. The molecule has 1 unspecified atom stereocenters. The molecule has 0 amide bonds. The van der Waals surface area contributed by atoms with Gasteiger partial charge in [-0.3, -0.25) is 4.79 Å².